The maximum Gasteiger partial charge on any atom is 0.213 e. The molecule has 1 aliphatic rings. The van der Waals surface area contributed by atoms with Crippen molar-refractivity contribution >= 4 is 17.0 Å². The van der Waals surface area contributed by atoms with E-state index in [0.29, 0.717) is 39.9 Å². The van der Waals surface area contributed by atoms with Gasteiger partial charge in [-0.2, -0.15) is 0 Å². The first-order valence-electron chi connectivity index (χ1n) is 12.2. The zero-order chi connectivity index (χ0) is 26.1. The van der Waals surface area contributed by atoms with Gasteiger partial charge in [-0.05, 0) is 54.8 Å². The van der Waals surface area contributed by atoms with Crippen LogP contribution in [0.25, 0.3) is 28.2 Å². The molecule has 0 amide bonds. The number of hydrogen-bond acceptors (Lipinski definition) is 8. The second-order valence-corrected chi connectivity index (χ2v) is 9.17. The average molecular weight is 515 g/mol. The van der Waals surface area contributed by atoms with Gasteiger partial charge in [-0.25, -0.2) is 33.7 Å². The highest BCUT2D eigenvalue weighted by Gasteiger charge is 2.22. The number of benzene rings is 1. The molecule has 0 spiro atoms. The third kappa shape index (κ3) is 4.88. The van der Waals surface area contributed by atoms with E-state index in [9.17, 15) is 8.78 Å². The molecule has 5 aromatic rings. The quantitative estimate of drug-likeness (QED) is 0.360. The molecule has 9 nitrogen and oxygen atoms in total. The minimum atomic E-state index is -0.954. The van der Waals surface area contributed by atoms with Gasteiger partial charge in [0.1, 0.15) is 29.6 Å². The molecule has 6 rings (SSSR count). The summed E-state index contributed by atoms with van der Waals surface area (Å²) < 4.78 is 35.5. The van der Waals surface area contributed by atoms with E-state index in [1.165, 1.54) is 12.4 Å². The van der Waals surface area contributed by atoms with Gasteiger partial charge in [0.15, 0.2) is 17.3 Å². The molecule has 11 heteroatoms. The van der Waals surface area contributed by atoms with Gasteiger partial charge in [-0.3, -0.25) is 9.47 Å². The van der Waals surface area contributed by atoms with Crippen molar-refractivity contribution in [1.82, 2.24) is 34.4 Å². The fourth-order valence-electron chi connectivity index (χ4n) is 4.69. The number of rotatable bonds is 6. The first-order chi connectivity index (χ1) is 18.5. The number of nitrogens with zero attached hydrogens (tertiary/aromatic N) is 7. The van der Waals surface area contributed by atoms with Gasteiger partial charge in [-0.15, -0.1) is 0 Å². The van der Waals surface area contributed by atoms with E-state index >= 15 is 0 Å². The maximum atomic E-state index is 14.0. The van der Waals surface area contributed by atoms with Crippen LogP contribution in [0.1, 0.15) is 18.4 Å². The number of anilines is 1. The fourth-order valence-corrected chi connectivity index (χ4v) is 4.69. The average Bonchev–Trinajstić information content (AvgIpc) is 3.31. The standard InChI is InChI=1S/C27H24F2N8O/c28-21-3-1-18(12-22(21)29)26-35-23-14-31-16-34-27(23)37(26)19-2-4-25(33-13-19)38-20-6-9-36(10-7-20)15-17-5-8-32-24(30)11-17/h1-5,8,11-14,16,20H,6-7,9-10,15H2,(H2,30,32). The van der Waals surface area contributed by atoms with Gasteiger partial charge in [0.05, 0.1) is 18.1 Å². The van der Waals surface area contributed by atoms with Crippen molar-refractivity contribution in [2.75, 3.05) is 18.8 Å². The zero-order valence-electron chi connectivity index (χ0n) is 20.3. The van der Waals surface area contributed by atoms with Gasteiger partial charge >= 0.3 is 0 Å². The van der Waals surface area contributed by atoms with E-state index in [1.807, 2.05) is 18.2 Å². The Hall–Kier alpha value is -4.51. The molecule has 38 heavy (non-hydrogen) atoms. The Morgan fingerprint density at radius 1 is 0.947 bits per heavy atom. The molecule has 1 aromatic carbocycles. The minimum Gasteiger partial charge on any atom is -0.474 e. The fraction of sp³-hybridized carbons (Fsp3) is 0.222. The van der Waals surface area contributed by atoms with Crippen LogP contribution in [0.2, 0.25) is 0 Å². The van der Waals surface area contributed by atoms with Crippen LogP contribution in [0.5, 0.6) is 5.88 Å². The van der Waals surface area contributed by atoms with Crippen molar-refractivity contribution in [3.05, 3.63) is 84.6 Å². The lowest BCUT2D eigenvalue weighted by Gasteiger charge is -2.31. The Morgan fingerprint density at radius 3 is 2.58 bits per heavy atom. The zero-order valence-corrected chi connectivity index (χ0v) is 20.3. The molecular formula is C27H24F2N8O. The molecule has 0 radical (unpaired) electrons. The van der Waals surface area contributed by atoms with Crippen LogP contribution in [0.3, 0.4) is 0 Å². The number of piperidine rings is 1. The van der Waals surface area contributed by atoms with Crippen LogP contribution in [0.4, 0.5) is 14.6 Å². The van der Waals surface area contributed by atoms with Crippen molar-refractivity contribution in [2.24, 2.45) is 0 Å². The molecular weight excluding hydrogens is 490 g/mol. The van der Waals surface area contributed by atoms with E-state index in [-0.39, 0.29) is 6.10 Å². The van der Waals surface area contributed by atoms with Gasteiger partial charge in [0.2, 0.25) is 5.88 Å². The van der Waals surface area contributed by atoms with E-state index in [1.54, 1.807) is 29.2 Å². The number of ether oxygens (including phenoxy) is 1. The molecule has 1 saturated heterocycles. The lowest BCUT2D eigenvalue weighted by atomic mass is 10.1. The predicted octanol–water partition coefficient (Wildman–Crippen LogP) is 4.18. The van der Waals surface area contributed by atoms with Crippen LogP contribution in [0.15, 0.2) is 67.4 Å². The molecule has 1 fully saturated rings. The summed E-state index contributed by atoms with van der Waals surface area (Å²) in [6.45, 7) is 2.64. The molecule has 0 aliphatic carbocycles. The number of pyridine rings is 2. The Kier molecular flexibility index (Phi) is 6.34. The summed E-state index contributed by atoms with van der Waals surface area (Å²) in [7, 11) is 0. The number of likely N-dealkylation sites (tertiary alicyclic amines) is 1. The minimum absolute atomic E-state index is 0.0617. The van der Waals surface area contributed by atoms with Crippen LogP contribution >= 0.6 is 0 Å². The Bertz CT molecular complexity index is 1580. The van der Waals surface area contributed by atoms with Crippen LogP contribution in [-0.4, -0.2) is 53.6 Å². The van der Waals surface area contributed by atoms with Crippen LogP contribution in [-0.2, 0) is 6.54 Å². The monoisotopic (exact) mass is 514 g/mol. The number of aromatic nitrogens is 6. The molecule has 2 N–H and O–H groups in total. The number of hydrogen-bond donors (Lipinski definition) is 1. The SMILES string of the molecule is Nc1cc(CN2CCC(Oc3ccc(-n4c(-c5ccc(F)c(F)c5)nc5cncnc54)cn3)CC2)ccn1. The summed E-state index contributed by atoms with van der Waals surface area (Å²) in [6.07, 6.45) is 8.20. The largest absolute Gasteiger partial charge is 0.474 e. The lowest BCUT2D eigenvalue weighted by Crippen LogP contribution is -2.37. The van der Waals surface area contributed by atoms with Gasteiger partial charge < -0.3 is 10.5 Å². The molecule has 1 aliphatic heterocycles. The number of halogens is 2. The third-order valence-corrected chi connectivity index (χ3v) is 6.55. The number of nitrogens with two attached hydrogens (primary N) is 1. The van der Waals surface area contributed by atoms with Gasteiger partial charge in [-0.1, -0.05) is 0 Å². The summed E-state index contributed by atoms with van der Waals surface area (Å²) in [4.78, 5) is 23.9. The Morgan fingerprint density at radius 2 is 1.82 bits per heavy atom. The first kappa shape index (κ1) is 23.9. The Labute approximate surface area is 217 Å². The van der Waals surface area contributed by atoms with Crippen molar-refractivity contribution in [1.29, 1.82) is 0 Å². The molecule has 192 valence electrons. The van der Waals surface area contributed by atoms with Gasteiger partial charge in [0, 0.05) is 37.5 Å². The summed E-state index contributed by atoms with van der Waals surface area (Å²) in [5, 5.41) is 0. The molecule has 0 unspecified atom stereocenters. The smallest absolute Gasteiger partial charge is 0.213 e. The van der Waals surface area contributed by atoms with E-state index < -0.39 is 11.6 Å². The number of imidazole rings is 1. The lowest BCUT2D eigenvalue weighted by molar-refractivity contribution is 0.0932. The highest BCUT2D eigenvalue weighted by Crippen LogP contribution is 2.29. The summed E-state index contributed by atoms with van der Waals surface area (Å²) in [6, 6.07) is 11.2. The molecule has 0 atom stereocenters. The highest BCUT2D eigenvalue weighted by molar-refractivity contribution is 5.79. The predicted molar refractivity (Wildman–Crippen MR) is 137 cm³/mol. The van der Waals surface area contributed by atoms with Gasteiger partial charge in [0.25, 0.3) is 0 Å². The van der Waals surface area contributed by atoms with E-state index in [2.05, 4.69) is 29.8 Å². The summed E-state index contributed by atoms with van der Waals surface area (Å²) >= 11 is 0. The molecule has 0 saturated carbocycles. The van der Waals surface area contributed by atoms with E-state index in [0.717, 1.165) is 50.2 Å². The molecule has 4 aromatic heterocycles. The number of nitrogen functional groups attached to an aromatic ring is 1. The first-order valence-corrected chi connectivity index (χ1v) is 12.2. The van der Waals surface area contributed by atoms with E-state index in [4.69, 9.17) is 10.5 Å². The Balaban J connectivity index is 1.18. The normalized spacial score (nSPS) is 14.7. The highest BCUT2D eigenvalue weighted by atomic mass is 19.2. The van der Waals surface area contributed by atoms with Crippen molar-refractivity contribution in [3.63, 3.8) is 0 Å². The summed E-state index contributed by atoms with van der Waals surface area (Å²) in [5.74, 6) is -0.429. The van der Waals surface area contributed by atoms with Crippen molar-refractivity contribution in [2.45, 2.75) is 25.5 Å². The maximum absolute atomic E-state index is 14.0. The van der Waals surface area contributed by atoms with Crippen LogP contribution in [0, 0.1) is 11.6 Å². The molecule has 5 heterocycles. The third-order valence-electron chi connectivity index (χ3n) is 6.55. The van der Waals surface area contributed by atoms with Crippen LogP contribution < -0.4 is 10.5 Å². The molecule has 0 bridgehead atoms. The second-order valence-electron chi connectivity index (χ2n) is 9.17. The second kappa shape index (κ2) is 10.1. The van der Waals surface area contributed by atoms with Crippen molar-refractivity contribution < 1.29 is 13.5 Å². The summed E-state index contributed by atoms with van der Waals surface area (Å²) in [5.41, 5.74) is 9.05. The van der Waals surface area contributed by atoms with Crippen molar-refractivity contribution in [3.8, 4) is 23.0 Å². The number of fused-ring (bicyclic) bond motifs is 1. The topological polar surface area (TPSA) is 108 Å².